The van der Waals surface area contributed by atoms with Crippen molar-refractivity contribution in [3.8, 4) is 28.7 Å². The van der Waals surface area contributed by atoms with Crippen molar-refractivity contribution in [1.82, 2.24) is 0 Å². The fraction of sp³-hybridized carbons (Fsp3) is 0.381. The first-order valence-corrected chi connectivity index (χ1v) is 11.0. The third-order valence-corrected chi connectivity index (χ3v) is 8.09. The van der Waals surface area contributed by atoms with Crippen LogP contribution < -0.4 is 23.7 Å². The Balaban J connectivity index is 1.92. The Morgan fingerprint density at radius 1 is 0.833 bits per heavy atom. The van der Waals surface area contributed by atoms with Gasteiger partial charge in [-0.05, 0) is 35.4 Å². The van der Waals surface area contributed by atoms with Crippen LogP contribution in [0.25, 0.3) is 0 Å². The molecule has 0 amide bonds. The number of carboxylic acids is 1. The highest BCUT2D eigenvalue weighted by atomic mass is 32.2. The maximum absolute atomic E-state index is 11.7. The van der Waals surface area contributed by atoms with Gasteiger partial charge in [0.15, 0.2) is 23.0 Å². The number of carbonyl (C=O) groups is 1. The Labute approximate surface area is 184 Å². The van der Waals surface area contributed by atoms with Gasteiger partial charge < -0.3 is 28.8 Å². The van der Waals surface area contributed by atoms with Gasteiger partial charge in [0, 0.05) is 11.0 Å². The minimum Gasteiger partial charge on any atom is -0.493 e. The number of aromatic carboxylic acids is 1. The summed E-state index contributed by atoms with van der Waals surface area (Å²) in [5.74, 6) is 2.21. The lowest BCUT2D eigenvalue weighted by atomic mass is 10.1. The first-order valence-electron chi connectivity index (χ1n) is 9.03. The van der Waals surface area contributed by atoms with Crippen molar-refractivity contribution in [3.05, 3.63) is 41.0 Å². The summed E-state index contributed by atoms with van der Waals surface area (Å²) in [5, 5.41) is 9.77. The second-order valence-electron chi connectivity index (χ2n) is 6.36. The van der Waals surface area contributed by atoms with Crippen LogP contribution in [-0.4, -0.2) is 52.4 Å². The first kappa shape index (κ1) is 22.3. The Morgan fingerprint density at radius 3 is 1.87 bits per heavy atom. The van der Waals surface area contributed by atoms with Crippen LogP contribution in [0.1, 0.15) is 31.3 Å². The van der Waals surface area contributed by atoms with Crippen LogP contribution in [0, 0.1) is 0 Å². The van der Waals surface area contributed by atoms with E-state index in [9.17, 15) is 9.90 Å². The molecule has 1 fully saturated rings. The van der Waals surface area contributed by atoms with E-state index < -0.39 is 5.97 Å². The summed E-state index contributed by atoms with van der Waals surface area (Å²) >= 11 is 3.49. The Bertz CT molecular complexity index is 907. The Hall–Kier alpha value is -2.39. The molecular weight excluding hydrogens is 428 g/mol. The molecule has 0 radical (unpaired) electrons. The number of hydrogen-bond acceptors (Lipinski definition) is 8. The van der Waals surface area contributed by atoms with Crippen LogP contribution in [0.15, 0.2) is 24.3 Å². The average molecular weight is 453 g/mol. The molecular formula is C21H24O7S2. The van der Waals surface area contributed by atoms with Crippen molar-refractivity contribution < 1.29 is 33.6 Å². The molecule has 1 aliphatic heterocycles. The van der Waals surface area contributed by atoms with Crippen LogP contribution >= 0.6 is 23.5 Å². The maximum atomic E-state index is 11.7. The summed E-state index contributed by atoms with van der Waals surface area (Å²) in [6.45, 7) is 0. The lowest BCUT2D eigenvalue weighted by Gasteiger charge is -2.18. The van der Waals surface area contributed by atoms with Crippen LogP contribution in [0.3, 0.4) is 0 Å². The molecule has 1 N–H and O–H groups in total. The zero-order chi connectivity index (χ0) is 21.8. The molecule has 0 spiro atoms. The van der Waals surface area contributed by atoms with Gasteiger partial charge in [-0.3, -0.25) is 0 Å². The molecule has 1 aliphatic rings. The van der Waals surface area contributed by atoms with E-state index >= 15 is 0 Å². The first-order chi connectivity index (χ1) is 14.5. The molecule has 0 unspecified atom stereocenters. The predicted octanol–water partition coefficient (Wildman–Crippen LogP) is 4.65. The molecule has 30 heavy (non-hydrogen) atoms. The van der Waals surface area contributed by atoms with Crippen molar-refractivity contribution in [2.24, 2.45) is 0 Å². The summed E-state index contributed by atoms with van der Waals surface area (Å²) < 4.78 is 27.0. The van der Waals surface area contributed by atoms with Crippen molar-refractivity contribution in [2.45, 2.75) is 9.83 Å². The number of rotatable bonds is 8. The molecule has 3 rings (SSSR count). The standard InChI is InChI=1S/C21H24O7S2/c1-24-14-9-12(6-13(20(22)23)18(14)27-4)21-29-10-17(30-21)11-7-15(25-2)19(28-5)16(8-11)26-3/h6-9,17,21H,10H2,1-5H3,(H,22,23)/t17-,21+/m1/s1. The third-order valence-electron chi connectivity index (χ3n) is 4.75. The SMILES string of the molecule is COc1cc([C@H]2CS[C@H](c3cc(OC)c(OC)c(C(=O)O)c3)S2)cc(OC)c1OC. The van der Waals surface area contributed by atoms with Gasteiger partial charge in [-0.15, -0.1) is 23.5 Å². The number of ether oxygens (including phenoxy) is 5. The fourth-order valence-corrected chi connectivity index (χ4v) is 6.58. The fourth-order valence-electron chi connectivity index (χ4n) is 3.32. The molecule has 1 saturated heterocycles. The smallest absolute Gasteiger partial charge is 0.339 e. The van der Waals surface area contributed by atoms with Crippen LogP contribution in [0.2, 0.25) is 0 Å². The highest BCUT2D eigenvalue weighted by molar-refractivity contribution is 8.19. The summed E-state index contributed by atoms with van der Waals surface area (Å²) in [6, 6.07) is 7.41. The predicted molar refractivity (Wildman–Crippen MR) is 118 cm³/mol. The molecule has 0 saturated carbocycles. The third kappa shape index (κ3) is 4.22. The van der Waals surface area contributed by atoms with E-state index in [0.29, 0.717) is 23.0 Å². The summed E-state index contributed by atoms with van der Waals surface area (Å²) in [5.41, 5.74) is 2.02. The number of benzene rings is 2. The van der Waals surface area contributed by atoms with E-state index in [0.717, 1.165) is 16.9 Å². The van der Waals surface area contributed by atoms with Gasteiger partial charge in [0.25, 0.3) is 0 Å². The number of hydrogen-bond donors (Lipinski definition) is 1. The molecule has 0 aliphatic carbocycles. The Kier molecular flexibility index (Phi) is 7.14. The lowest BCUT2D eigenvalue weighted by molar-refractivity contribution is 0.0692. The zero-order valence-electron chi connectivity index (χ0n) is 17.4. The second kappa shape index (κ2) is 9.61. The zero-order valence-corrected chi connectivity index (χ0v) is 19.0. The van der Waals surface area contributed by atoms with Gasteiger partial charge in [-0.25, -0.2) is 4.79 Å². The van der Waals surface area contributed by atoms with Crippen LogP contribution in [0.5, 0.6) is 28.7 Å². The van der Waals surface area contributed by atoms with E-state index in [2.05, 4.69) is 0 Å². The van der Waals surface area contributed by atoms with Crippen LogP contribution in [-0.2, 0) is 0 Å². The monoisotopic (exact) mass is 452 g/mol. The molecule has 9 heteroatoms. The largest absolute Gasteiger partial charge is 0.493 e. The van der Waals surface area contributed by atoms with Gasteiger partial charge in [-0.2, -0.15) is 0 Å². The normalized spacial score (nSPS) is 18.0. The van der Waals surface area contributed by atoms with Crippen LogP contribution in [0.4, 0.5) is 0 Å². The molecule has 162 valence electrons. The maximum Gasteiger partial charge on any atom is 0.339 e. The number of thioether (sulfide) groups is 2. The minimum absolute atomic E-state index is 0.0481. The summed E-state index contributed by atoms with van der Waals surface area (Å²) in [4.78, 5) is 11.7. The van der Waals surface area contributed by atoms with E-state index in [4.69, 9.17) is 23.7 Å². The quantitative estimate of drug-likeness (QED) is 0.615. The van der Waals surface area contributed by atoms with E-state index in [1.54, 1.807) is 50.9 Å². The van der Waals surface area contributed by atoms with Gasteiger partial charge in [0.05, 0.1) is 40.1 Å². The van der Waals surface area contributed by atoms with Gasteiger partial charge in [0.2, 0.25) is 5.75 Å². The molecule has 7 nitrogen and oxygen atoms in total. The number of carboxylic acid groups (broad SMARTS) is 1. The second-order valence-corrected chi connectivity index (χ2v) is 9.11. The van der Waals surface area contributed by atoms with Crippen molar-refractivity contribution in [1.29, 1.82) is 0 Å². The molecule has 2 aromatic rings. The van der Waals surface area contributed by atoms with Gasteiger partial charge >= 0.3 is 5.97 Å². The van der Waals surface area contributed by atoms with E-state index in [1.165, 1.54) is 14.2 Å². The summed E-state index contributed by atoms with van der Waals surface area (Å²) in [6.07, 6.45) is 0. The van der Waals surface area contributed by atoms with Gasteiger partial charge in [-0.1, -0.05) is 0 Å². The minimum atomic E-state index is -1.05. The molecule has 2 atom stereocenters. The molecule has 1 heterocycles. The lowest BCUT2D eigenvalue weighted by Crippen LogP contribution is -2.04. The van der Waals surface area contributed by atoms with Crippen molar-refractivity contribution in [3.63, 3.8) is 0 Å². The van der Waals surface area contributed by atoms with E-state index in [-0.39, 0.29) is 21.1 Å². The summed E-state index contributed by atoms with van der Waals surface area (Å²) in [7, 11) is 7.70. The number of methoxy groups -OCH3 is 5. The van der Waals surface area contributed by atoms with Crippen molar-refractivity contribution in [2.75, 3.05) is 41.3 Å². The van der Waals surface area contributed by atoms with Crippen molar-refractivity contribution >= 4 is 29.5 Å². The van der Waals surface area contributed by atoms with Gasteiger partial charge in [0.1, 0.15) is 5.56 Å². The molecule has 2 aromatic carbocycles. The Morgan fingerprint density at radius 2 is 1.37 bits per heavy atom. The highest BCUT2D eigenvalue weighted by Crippen LogP contribution is 2.58. The van der Waals surface area contributed by atoms with E-state index in [1.807, 2.05) is 18.2 Å². The topological polar surface area (TPSA) is 83.5 Å². The average Bonchev–Trinajstić information content (AvgIpc) is 3.27. The molecule has 0 bridgehead atoms. The highest BCUT2D eigenvalue weighted by Gasteiger charge is 2.32. The molecule has 0 aromatic heterocycles.